The fourth-order valence-electron chi connectivity index (χ4n) is 1.94. The van der Waals surface area contributed by atoms with E-state index < -0.39 is 0 Å². The van der Waals surface area contributed by atoms with Gasteiger partial charge in [0.2, 0.25) is 0 Å². The van der Waals surface area contributed by atoms with E-state index in [1.807, 2.05) is 24.5 Å². The van der Waals surface area contributed by atoms with E-state index in [1.165, 1.54) is 5.56 Å². The van der Waals surface area contributed by atoms with Gasteiger partial charge in [0.1, 0.15) is 5.75 Å². The maximum absolute atomic E-state index is 5.17. The molecule has 0 fully saturated rings. The summed E-state index contributed by atoms with van der Waals surface area (Å²) in [5.74, 6) is 0.873. The number of rotatable bonds is 6. The largest absolute Gasteiger partial charge is 0.497 e. The van der Waals surface area contributed by atoms with E-state index in [-0.39, 0.29) is 0 Å². The monoisotopic (exact) mass is 256 g/mol. The maximum Gasteiger partial charge on any atom is 0.118 e. The van der Waals surface area contributed by atoms with Gasteiger partial charge in [0.05, 0.1) is 7.11 Å². The third-order valence-electron chi connectivity index (χ3n) is 2.97. The molecule has 0 saturated heterocycles. The van der Waals surface area contributed by atoms with Crippen molar-refractivity contribution in [1.82, 2.24) is 10.3 Å². The summed E-state index contributed by atoms with van der Waals surface area (Å²) < 4.78 is 5.17. The lowest BCUT2D eigenvalue weighted by Gasteiger charge is -2.07. The van der Waals surface area contributed by atoms with E-state index in [9.17, 15) is 0 Å². The molecular formula is C16H20N2O. The number of hydrogen-bond donors (Lipinski definition) is 1. The summed E-state index contributed by atoms with van der Waals surface area (Å²) in [5.41, 5.74) is 3.51. The lowest BCUT2D eigenvalue weighted by Crippen LogP contribution is -2.13. The van der Waals surface area contributed by atoms with E-state index >= 15 is 0 Å². The van der Waals surface area contributed by atoms with Crippen molar-refractivity contribution >= 4 is 0 Å². The van der Waals surface area contributed by atoms with Crippen molar-refractivity contribution in [1.29, 1.82) is 0 Å². The molecule has 0 saturated carbocycles. The van der Waals surface area contributed by atoms with Gasteiger partial charge in [-0.15, -0.1) is 0 Å². The van der Waals surface area contributed by atoms with E-state index in [1.54, 1.807) is 7.11 Å². The van der Waals surface area contributed by atoms with Crippen LogP contribution in [0.1, 0.15) is 18.9 Å². The van der Waals surface area contributed by atoms with E-state index in [2.05, 4.69) is 35.4 Å². The Labute approximate surface area is 114 Å². The van der Waals surface area contributed by atoms with Gasteiger partial charge in [0.25, 0.3) is 0 Å². The van der Waals surface area contributed by atoms with Crippen LogP contribution in [-0.2, 0) is 6.54 Å². The molecule has 2 aromatic rings. The topological polar surface area (TPSA) is 34.2 Å². The molecule has 1 heterocycles. The second kappa shape index (κ2) is 6.90. The van der Waals surface area contributed by atoms with Crippen LogP contribution in [0.5, 0.6) is 5.75 Å². The Balaban J connectivity index is 2.12. The van der Waals surface area contributed by atoms with Gasteiger partial charge in [0, 0.05) is 24.5 Å². The molecule has 1 aromatic heterocycles. The Hall–Kier alpha value is -1.87. The number of pyridine rings is 1. The van der Waals surface area contributed by atoms with Gasteiger partial charge in [-0.1, -0.05) is 19.1 Å². The van der Waals surface area contributed by atoms with Gasteiger partial charge in [-0.2, -0.15) is 0 Å². The number of nitrogens with one attached hydrogen (secondary N) is 1. The molecule has 0 aliphatic rings. The average molecular weight is 256 g/mol. The van der Waals surface area contributed by atoms with Crippen molar-refractivity contribution in [3.05, 3.63) is 48.3 Å². The highest BCUT2D eigenvalue weighted by Crippen LogP contribution is 2.22. The van der Waals surface area contributed by atoms with Crippen molar-refractivity contribution in [3.8, 4) is 16.9 Å². The molecule has 0 bridgehead atoms. The maximum atomic E-state index is 5.17. The number of hydrogen-bond acceptors (Lipinski definition) is 3. The number of methoxy groups -OCH3 is 1. The van der Waals surface area contributed by atoms with Crippen LogP contribution in [0.25, 0.3) is 11.1 Å². The molecule has 1 N–H and O–H groups in total. The van der Waals surface area contributed by atoms with Crippen molar-refractivity contribution in [2.45, 2.75) is 19.9 Å². The standard InChI is InChI=1S/C16H20N2O/c1-3-8-17-10-13-9-15(12-18-11-13)14-4-6-16(19-2)7-5-14/h4-7,9,11-12,17H,3,8,10H2,1-2H3. The quantitative estimate of drug-likeness (QED) is 0.806. The summed E-state index contributed by atoms with van der Waals surface area (Å²) >= 11 is 0. The molecule has 0 aliphatic heterocycles. The summed E-state index contributed by atoms with van der Waals surface area (Å²) in [7, 11) is 1.68. The van der Waals surface area contributed by atoms with Gasteiger partial charge in [-0.25, -0.2) is 0 Å². The Morgan fingerprint density at radius 1 is 1.11 bits per heavy atom. The highest BCUT2D eigenvalue weighted by Gasteiger charge is 2.01. The first-order valence-corrected chi connectivity index (χ1v) is 6.62. The second-order valence-corrected chi connectivity index (χ2v) is 4.49. The first-order chi connectivity index (χ1) is 9.33. The summed E-state index contributed by atoms with van der Waals surface area (Å²) in [4.78, 5) is 4.31. The van der Waals surface area contributed by atoms with E-state index in [0.29, 0.717) is 0 Å². The Kier molecular flexibility index (Phi) is 4.93. The normalized spacial score (nSPS) is 10.4. The molecule has 100 valence electrons. The summed E-state index contributed by atoms with van der Waals surface area (Å²) in [6.45, 7) is 4.07. The molecule has 19 heavy (non-hydrogen) atoms. The molecule has 0 atom stereocenters. The Morgan fingerprint density at radius 2 is 1.89 bits per heavy atom. The van der Waals surface area contributed by atoms with Crippen LogP contribution in [0.3, 0.4) is 0 Å². The van der Waals surface area contributed by atoms with Crippen LogP contribution in [0, 0.1) is 0 Å². The number of aromatic nitrogens is 1. The van der Waals surface area contributed by atoms with Gasteiger partial charge in [0.15, 0.2) is 0 Å². The van der Waals surface area contributed by atoms with Crippen LogP contribution in [0.15, 0.2) is 42.7 Å². The van der Waals surface area contributed by atoms with Crippen molar-refractivity contribution < 1.29 is 4.74 Å². The van der Waals surface area contributed by atoms with Gasteiger partial charge < -0.3 is 10.1 Å². The lowest BCUT2D eigenvalue weighted by atomic mass is 10.1. The zero-order valence-electron chi connectivity index (χ0n) is 11.5. The van der Waals surface area contributed by atoms with Crippen molar-refractivity contribution in [3.63, 3.8) is 0 Å². The molecule has 1 aromatic carbocycles. The highest BCUT2D eigenvalue weighted by atomic mass is 16.5. The molecule has 3 heteroatoms. The SMILES string of the molecule is CCCNCc1cncc(-c2ccc(OC)cc2)c1. The van der Waals surface area contributed by atoms with Crippen molar-refractivity contribution in [2.24, 2.45) is 0 Å². The fraction of sp³-hybridized carbons (Fsp3) is 0.312. The van der Waals surface area contributed by atoms with Crippen LogP contribution >= 0.6 is 0 Å². The molecule has 0 unspecified atom stereocenters. The number of benzene rings is 1. The highest BCUT2D eigenvalue weighted by molar-refractivity contribution is 5.63. The number of ether oxygens (including phenoxy) is 1. The molecule has 0 aliphatic carbocycles. The van der Waals surface area contributed by atoms with E-state index in [0.717, 1.165) is 36.4 Å². The Morgan fingerprint density at radius 3 is 2.58 bits per heavy atom. The summed E-state index contributed by atoms with van der Waals surface area (Å²) in [6.07, 6.45) is 4.95. The summed E-state index contributed by atoms with van der Waals surface area (Å²) in [5, 5.41) is 3.39. The number of nitrogens with zero attached hydrogens (tertiary/aromatic N) is 1. The van der Waals surface area contributed by atoms with Crippen LogP contribution in [-0.4, -0.2) is 18.6 Å². The molecule has 2 rings (SSSR count). The van der Waals surface area contributed by atoms with Crippen LogP contribution in [0.2, 0.25) is 0 Å². The molecule has 0 amide bonds. The second-order valence-electron chi connectivity index (χ2n) is 4.49. The molecular weight excluding hydrogens is 236 g/mol. The van der Waals surface area contributed by atoms with Crippen LogP contribution in [0.4, 0.5) is 0 Å². The third kappa shape index (κ3) is 3.80. The van der Waals surface area contributed by atoms with E-state index in [4.69, 9.17) is 4.74 Å². The third-order valence-corrected chi connectivity index (χ3v) is 2.97. The van der Waals surface area contributed by atoms with Gasteiger partial charge >= 0.3 is 0 Å². The fourth-order valence-corrected chi connectivity index (χ4v) is 1.94. The minimum atomic E-state index is 0.866. The lowest BCUT2D eigenvalue weighted by molar-refractivity contribution is 0.415. The van der Waals surface area contributed by atoms with Gasteiger partial charge in [-0.3, -0.25) is 4.98 Å². The first kappa shape index (κ1) is 13.6. The zero-order chi connectivity index (χ0) is 13.5. The smallest absolute Gasteiger partial charge is 0.118 e. The average Bonchev–Trinajstić information content (AvgIpc) is 2.48. The molecule has 0 radical (unpaired) electrons. The minimum Gasteiger partial charge on any atom is -0.497 e. The minimum absolute atomic E-state index is 0.866. The predicted molar refractivity (Wildman–Crippen MR) is 78.2 cm³/mol. The summed E-state index contributed by atoms with van der Waals surface area (Å²) in [6, 6.07) is 10.2. The van der Waals surface area contributed by atoms with Gasteiger partial charge in [-0.05, 0) is 42.3 Å². The first-order valence-electron chi connectivity index (χ1n) is 6.62. The molecule has 0 spiro atoms. The zero-order valence-corrected chi connectivity index (χ0v) is 11.5. The predicted octanol–water partition coefficient (Wildman–Crippen LogP) is 3.26. The van der Waals surface area contributed by atoms with Crippen molar-refractivity contribution in [2.75, 3.05) is 13.7 Å². The van der Waals surface area contributed by atoms with Crippen LogP contribution < -0.4 is 10.1 Å². The molecule has 3 nitrogen and oxygen atoms in total. The Bertz CT molecular complexity index is 508.